The Kier molecular flexibility index (Phi) is 9.04. The van der Waals surface area contributed by atoms with Gasteiger partial charge in [-0.3, -0.25) is 0 Å². The second-order valence-electron chi connectivity index (χ2n) is 7.83. The molecule has 0 saturated heterocycles. The van der Waals surface area contributed by atoms with E-state index in [2.05, 4.69) is 73.3 Å². The number of nitrogens with zero attached hydrogens (tertiary/aromatic N) is 3. The van der Waals surface area contributed by atoms with Gasteiger partial charge in [-0.25, -0.2) is 15.0 Å². The maximum absolute atomic E-state index is 4.84. The molecule has 0 spiro atoms. The van der Waals surface area contributed by atoms with Gasteiger partial charge in [0.05, 0.1) is 0 Å². The summed E-state index contributed by atoms with van der Waals surface area (Å²) in [7, 11) is 0. The van der Waals surface area contributed by atoms with E-state index >= 15 is 0 Å². The summed E-state index contributed by atoms with van der Waals surface area (Å²) >= 11 is 0. The molecular formula is C31H33N3. The minimum absolute atomic E-state index is 0.651. The molecule has 0 radical (unpaired) electrons. The third kappa shape index (κ3) is 6.35. The van der Waals surface area contributed by atoms with Gasteiger partial charge in [-0.05, 0) is 43.9 Å². The molecule has 3 heteroatoms. The van der Waals surface area contributed by atoms with Crippen LogP contribution in [0.15, 0.2) is 103 Å². The van der Waals surface area contributed by atoms with Crippen LogP contribution in [0.3, 0.4) is 0 Å². The molecule has 0 bridgehead atoms. The molecule has 0 fully saturated rings. The number of benzene rings is 2. The van der Waals surface area contributed by atoms with Gasteiger partial charge in [-0.1, -0.05) is 111 Å². The minimum Gasteiger partial charge on any atom is -0.208 e. The first-order valence-electron chi connectivity index (χ1n) is 11.9. The van der Waals surface area contributed by atoms with E-state index in [0.29, 0.717) is 17.5 Å². The normalized spacial score (nSPS) is 13.3. The van der Waals surface area contributed by atoms with Gasteiger partial charge in [0.1, 0.15) is 0 Å². The van der Waals surface area contributed by atoms with E-state index in [1.54, 1.807) is 0 Å². The zero-order chi connectivity index (χ0) is 24.3. The Labute approximate surface area is 204 Å². The molecule has 1 aliphatic carbocycles. The van der Waals surface area contributed by atoms with E-state index in [0.717, 1.165) is 35.1 Å². The number of allylic oxidation sites excluding steroid dienone is 9. The summed E-state index contributed by atoms with van der Waals surface area (Å²) in [5, 5.41) is 0. The highest BCUT2D eigenvalue weighted by atomic mass is 15.0. The van der Waals surface area contributed by atoms with Crippen molar-refractivity contribution in [1.82, 2.24) is 15.0 Å². The summed E-state index contributed by atoms with van der Waals surface area (Å²) in [5.41, 5.74) is 6.23. The van der Waals surface area contributed by atoms with Crippen LogP contribution < -0.4 is 0 Å². The summed E-state index contributed by atoms with van der Waals surface area (Å²) in [6.07, 6.45) is 14.5. The molecule has 3 aromatic rings. The van der Waals surface area contributed by atoms with Gasteiger partial charge in [-0.15, -0.1) is 0 Å². The Morgan fingerprint density at radius 2 is 1.47 bits per heavy atom. The molecule has 0 amide bonds. The molecule has 0 unspecified atom stereocenters. The molecule has 2 aromatic carbocycles. The summed E-state index contributed by atoms with van der Waals surface area (Å²) in [6, 6.07) is 18.7. The van der Waals surface area contributed by atoms with Crippen LogP contribution in [0.5, 0.6) is 0 Å². The van der Waals surface area contributed by atoms with Crippen molar-refractivity contribution in [3.63, 3.8) is 0 Å². The minimum atomic E-state index is 0.651. The number of rotatable bonds is 6. The average Bonchev–Trinajstić information content (AvgIpc) is 2.90. The molecule has 1 aliphatic rings. The van der Waals surface area contributed by atoms with Crippen LogP contribution in [0, 0.1) is 0 Å². The maximum atomic E-state index is 4.84. The van der Waals surface area contributed by atoms with Crippen molar-refractivity contribution >= 4 is 11.1 Å². The van der Waals surface area contributed by atoms with Crippen LogP contribution in [-0.4, -0.2) is 15.0 Å². The number of aromatic nitrogens is 3. The fourth-order valence-electron chi connectivity index (χ4n) is 3.62. The van der Waals surface area contributed by atoms with Crippen molar-refractivity contribution in [3.05, 3.63) is 115 Å². The van der Waals surface area contributed by atoms with Crippen LogP contribution in [-0.2, 0) is 0 Å². The zero-order valence-electron chi connectivity index (χ0n) is 20.6. The molecule has 4 rings (SSSR count). The summed E-state index contributed by atoms with van der Waals surface area (Å²) < 4.78 is 0. The van der Waals surface area contributed by atoms with E-state index < -0.39 is 0 Å². The highest BCUT2D eigenvalue weighted by Crippen LogP contribution is 2.26. The first kappa shape index (κ1) is 24.8. The van der Waals surface area contributed by atoms with E-state index in [4.69, 9.17) is 15.0 Å². The highest BCUT2D eigenvalue weighted by Gasteiger charge is 2.14. The standard InChI is InChI=1S/C29H27N3.C2H6/c1-4-11-26(20-21(2)3)29-31-27(24-14-9-6-10-15-24)30-28(32-29)25-18-16-23(17-19-25)22-12-7-5-8-13-22;1-2/h4-5,7-9,11-20H,2,6,10H2,1,3H3;1-2H3/b11-4-,26-20+;. The lowest BCUT2D eigenvalue weighted by molar-refractivity contribution is 0.985. The van der Waals surface area contributed by atoms with E-state index in [1.165, 1.54) is 11.1 Å². The zero-order valence-corrected chi connectivity index (χ0v) is 20.6. The van der Waals surface area contributed by atoms with Crippen molar-refractivity contribution in [2.24, 2.45) is 0 Å². The highest BCUT2D eigenvalue weighted by molar-refractivity contribution is 5.76. The Morgan fingerprint density at radius 1 is 0.824 bits per heavy atom. The second-order valence-corrected chi connectivity index (χ2v) is 7.83. The Hall–Kier alpha value is -3.85. The number of hydrogen-bond donors (Lipinski definition) is 0. The van der Waals surface area contributed by atoms with Crippen molar-refractivity contribution in [3.8, 4) is 22.5 Å². The fourth-order valence-corrected chi connectivity index (χ4v) is 3.62. The van der Waals surface area contributed by atoms with Crippen LogP contribution >= 0.6 is 0 Å². The van der Waals surface area contributed by atoms with Crippen molar-refractivity contribution in [2.45, 2.75) is 40.5 Å². The third-order valence-corrected chi connectivity index (χ3v) is 5.15. The molecule has 172 valence electrons. The van der Waals surface area contributed by atoms with Crippen LogP contribution in [0.2, 0.25) is 0 Å². The van der Waals surface area contributed by atoms with Crippen LogP contribution in [0.1, 0.15) is 52.2 Å². The Morgan fingerprint density at radius 3 is 2.09 bits per heavy atom. The molecular weight excluding hydrogens is 414 g/mol. The fraction of sp³-hybridized carbons (Fsp3) is 0.194. The smallest absolute Gasteiger partial charge is 0.164 e. The average molecular weight is 448 g/mol. The van der Waals surface area contributed by atoms with Gasteiger partial charge in [-0.2, -0.15) is 0 Å². The summed E-state index contributed by atoms with van der Waals surface area (Å²) in [6.45, 7) is 12.0. The molecule has 1 heterocycles. The lowest BCUT2D eigenvalue weighted by Gasteiger charge is -2.11. The second kappa shape index (κ2) is 12.4. The van der Waals surface area contributed by atoms with Crippen molar-refractivity contribution < 1.29 is 0 Å². The quantitative estimate of drug-likeness (QED) is 0.356. The molecule has 3 nitrogen and oxygen atoms in total. The Balaban J connectivity index is 0.00000158. The molecule has 1 aromatic heterocycles. The van der Waals surface area contributed by atoms with Gasteiger partial charge in [0, 0.05) is 16.7 Å². The van der Waals surface area contributed by atoms with Gasteiger partial charge < -0.3 is 0 Å². The van der Waals surface area contributed by atoms with Gasteiger partial charge in [0.2, 0.25) is 0 Å². The van der Waals surface area contributed by atoms with E-state index in [9.17, 15) is 0 Å². The predicted molar refractivity (Wildman–Crippen MR) is 146 cm³/mol. The van der Waals surface area contributed by atoms with Crippen molar-refractivity contribution in [2.75, 3.05) is 0 Å². The Bertz CT molecular complexity index is 1230. The van der Waals surface area contributed by atoms with Crippen LogP contribution in [0.4, 0.5) is 0 Å². The molecule has 0 aliphatic heterocycles. The number of hydrogen-bond acceptors (Lipinski definition) is 3. The lowest BCUT2D eigenvalue weighted by Crippen LogP contribution is -2.05. The summed E-state index contributed by atoms with van der Waals surface area (Å²) in [4.78, 5) is 14.5. The molecule has 0 saturated carbocycles. The SMILES string of the molecule is C=C(C)/C=C(\C=C/C)c1nc(C2=CCCC=C2)nc(-c2ccc(-c3ccccc3)cc2)n1.CC. The largest absolute Gasteiger partial charge is 0.208 e. The third-order valence-electron chi connectivity index (χ3n) is 5.15. The predicted octanol–water partition coefficient (Wildman–Crippen LogP) is 8.50. The van der Waals surface area contributed by atoms with Gasteiger partial charge in [0.15, 0.2) is 17.5 Å². The summed E-state index contributed by atoms with van der Waals surface area (Å²) in [5.74, 6) is 2.02. The van der Waals surface area contributed by atoms with Gasteiger partial charge in [0.25, 0.3) is 0 Å². The molecule has 0 N–H and O–H groups in total. The first-order chi connectivity index (χ1) is 16.6. The van der Waals surface area contributed by atoms with Crippen LogP contribution in [0.25, 0.3) is 33.7 Å². The van der Waals surface area contributed by atoms with E-state index in [-0.39, 0.29) is 0 Å². The first-order valence-corrected chi connectivity index (χ1v) is 11.9. The van der Waals surface area contributed by atoms with Crippen molar-refractivity contribution in [1.29, 1.82) is 0 Å². The van der Waals surface area contributed by atoms with Gasteiger partial charge >= 0.3 is 0 Å². The molecule has 0 atom stereocenters. The maximum Gasteiger partial charge on any atom is 0.164 e. The monoisotopic (exact) mass is 447 g/mol. The molecule has 34 heavy (non-hydrogen) atoms. The topological polar surface area (TPSA) is 38.7 Å². The van der Waals surface area contributed by atoms with E-state index in [1.807, 2.05) is 52.0 Å². The lowest BCUT2D eigenvalue weighted by atomic mass is 10.0.